The third-order valence-electron chi connectivity index (χ3n) is 4.44. The molecule has 5 N–H and O–H groups in total. The molecule has 3 aromatic rings. The lowest BCUT2D eigenvalue weighted by molar-refractivity contribution is -0.117. The summed E-state index contributed by atoms with van der Waals surface area (Å²) in [5.74, 6) is -0.385. The van der Waals surface area contributed by atoms with Crippen molar-refractivity contribution in [3.8, 4) is 0 Å². The van der Waals surface area contributed by atoms with Crippen molar-refractivity contribution in [2.24, 2.45) is 26.4 Å². The molecule has 1 aromatic heterocycles. The van der Waals surface area contributed by atoms with E-state index >= 15 is 0 Å². The topological polar surface area (TPSA) is 131 Å². The van der Waals surface area contributed by atoms with Crippen LogP contribution in [0.4, 0.5) is 5.69 Å². The Kier molecular flexibility index (Phi) is 5.29. The monoisotopic (exact) mass is 397 g/mol. The molecule has 0 aliphatic carbocycles. The number of aliphatic imine (C=N–C) groups is 3. The van der Waals surface area contributed by atoms with Crippen LogP contribution < -0.4 is 16.8 Å². The lowest BCUT2D eigenvalue weighted by Gasteiger charge is -2.09. The molecule has 8 nitrogen and oxygen atoms in total. The van der Waals surface area contributed by atoms with Gasteiger partial charge in [0.15, 0.2) is 0 Å². The number of anilines is 1. The molecule has 4 rings (SSSR count). The number of amides is 1. The van der Waals surface area contributed by atoms with Crippen LogP contribution in [0.5, 0.6) is 0 Å². The lowest BCUT2D eigenvalue weighted by Crippen LogP contribution is -2.27. The number of rotatable bonds is 3. The molecule has 0 fully saturated rings. The highest BCUT2D eigenvalue weighted by molar-refractivity contribution is 6.19. The van der Waals surface area contributed by atoms with Gasteiger partial charge in [-0.1, -0.05) is 48.5 Å². The number of aromatic nitrogens is 1. The van der Waals surface area contributed by atoms with E-state index in [9.17, 15) is 4.79 Å². The Labute approximate surface area is 173 Å². The minimum Gasteiger partial charge on any atom is -0.383 e. The Hall–Kier alpha value is -4.33. The van der Waals surface area contributed by atoms with Crippen molar-refractivity contribution in [3.05, 3.63) is 95.8 Å². The number of hydrogen-bond donors (Lipinski definition) is 3. The number of nitrogens with zero attached hydrogens (tertiary/aromatic N) is 4. The Bertz CT molecular complexity index is 1150. The molecule has 0 saturated carbocycles. The van der Waals surface area contributed by atoms with Gasteiger partial charge in [0.25, 0.3) is 5.91 Å². The summed E-state index contributed by atoms with van der Waals surface area (Å²) in [6.45, 7) is 0. The van der Waals surface area contributed by atoms with E-state index in [-0.39, 0.29) is 11.8 Å². The van der Waals surface area contributed by atoms with Crippen LogP contribution >= 0.6 is 0 Å². The van der Waals surface area contributed by atoms with Crippen molar-refractivity contribution >= 4 is 29.1 Å². The molecule has 1 aliphatic heterocycles. The minimum absolute atomic E-state index is 0.147. The molecule has 1 atom stereocenters. The fourth-order valence-electron chi connectivity index (χ4n) is 3.02. The maximum Gasteiger partial charge on any atom is 0.271 e. The van der Waals surface area contributed by atoms with E-state index < -0.39 is 12.1 Å². The second-order valence-corrected chi connectivity index (χ2v) is 6.47. The summed E-state index contributed by atoms with van der Waals surface area (Å²) in [4.78, 5) is 29.6. The standard InChI is InChI=1S/C22H19N7O/c23-19(15-10-12-25-13-11-15)28-22(24)29-20-21(30)26-17-9-5-4-8-16(17)18(27-20)14-6-2-1-3-7-14/h1-13,20H,(H,26,30)(H4,23,24,28,29). The number of fused-ring (bicyclic) bond motifs is 1. The van der Waals surface area contributed by atoms with Gasteiger partial charge in [0, 0.05) is 29.1 Å². The van der Waals surface area contributed by atoms with Crippen molar-refractivity contribution in [2.75, 3.05) is 5.32 Å². The molecular formula is C22H19N7O. The Morgan fingerprint density at radius 1 is 0.933 bits per heavy atom. The largest absolute Gasteiger partial charge is 0.383 e. The number of guanidine groups is 1. The molecule has 1 unspecified atom stereocenters. The first-order chi connectivity index (χ1) is 14.6. The van der Waals surface area contributed by atoms with Gasteiger partial charge < -0.3 is 16.8 Å². The normalized spacial score (nSPS) is 16.9. The zero-order valence-corrected chi connectivity index (χ0v) is 15.9. The first kappa shape index (κ1) is 19.0. The highest BCUT2D eigenvalue weighted by Gasteiger charge is 2.25. The van der Waals surface area contributed by atoms with Crippen LogP contribution in [0.15, 0.2) is 94.1 Å². The van der Waals surface area contributed by atoms with Crippen molar-refractivity contribution in [2.45, 2.75) is 6.17 Å². The molecule has 1 aliphatic rings. The lowest BCUT2D eigenvalue weighted by atomic mass is 10.0. The molecule has 2 heterocycles. The predicted octanol–water partition coefficient (Wildman–Crippen LogP) is 1.92. The molecule has 148 valence electrons. The van der Waals surface area contributed by atoms with Crippen LogP contribution in [-0.4, -0.2) is 34.6 Å². The predicted molar refractivity (Wildman–Crippen MR) is 118 cm³/mol. The summed E-state index contributed by atoms with van der Waals surface area (Å²) in [5, 5.41) is 2.86. The number of carbonyl (C=O) groups excluding carboxylic acids is 1. The van der Waals surface area contributed by atoms with Gasteiger partial charge in [0.2, 0.25) is 12.1 Å². The molecule has 0 bridgehead atoms. The first-order valence-corrected chi connectivity index (χ1v) is 9.23. The van der Waals surface area contributed by atoms with Crippen LogP contribution in [0.1, 0.15) is 16.7 Å². The third kappa shape index (κ3) is 4.07. The van der Waals surface area contributed by atoms with E-state index in [0.717, 1.165) is 11.1 Å². The number of nitrogens with two attached hydrogens (primary N) is 2. The van der Waals surface area contributed by atoms with Gasteiger partial charge in [-0.05, 0) is 18.2 Å². The summed E-state index contributed by atoms with van der Waals surface area (Å²) in [6, 6.07) is 20.4. The Morgan fingerprint density at radius 3 is 2.40 bits per heavy atom. The maximum atomic E-state index is 12.8. The van der Waals surface area contributed by atoms with Crippen molar-refractivity contribution < 1.29 is 4.79 Å². The number of nitrogens with one attached hydrogen (secondary N) is 1. The highest BCUT2D eigenvalue weighted by atomic mass is 16.2. The van der Waals surface area contributed by atoms with Gasteiger partial charge in [-0.15, -0.1) is 0 Å². The molecular weight excluding hydrogens is 378 g/mol. The molecule has 0 spiro atoms. The van der Waals surface area contributed by atoms with E-state index in [0.29, 0.717) is 17.0 Å². The first-order valence-electron chi connectivity index (χ1n) is 9.23. The second kappa shape index (κ2) is 8.36. The number of benzodiazepines with no additional fused rings is 1. The van der Waals surface area contributed by atoms with Gasteiger partial charge in [0.05, 0.1) is 11.4 Å². The van der Waals surface area contributed by atoms with Gasteiger partial charge in [0.1, 0.15) is 5.84 Å². The van der Waals surface area contributed by atoms with E-state index in [1.807, 2.05) is 54.6 Å². The quantitative estimate of drug-likeness (QED) is 0.460. The zero-order valence-electron chi connectivity index (χ0n) is 15.9. The smallest absolute Gasteiger partial charge is 0.271 e. The van der Waals surface area contributed by atoms with Gasteiger partial charge in [-0.25, -0.2) is 9.98 Å². The number of para-hydroxylation sites is 1. The van der Waals surface area contributed by atoms with E-state index in [1.54, 1.807) is 24.5 Å². The molecule has 0 radical (unpaired) electrons. The average molecular weight is 397 g/mol. The van der Waals surface area contributed by atoms with Crippen LogP contribution in [0.25, 0.3) is 0 Å². The molecule has 2 aromatic carbocycles. The van der Waals surface area contributed by atoms with Crippen molar-refractivity contribution in [1.29, 1.82) is 0 Å². The van der Waals surface area contributed by atoms with Crippen LogP contribution in [0, 0.1) is 0 Å². The van der Waals surface area contributed by atoms with Crippen LogP contribution in [0.2, 0.25) is 0 Å². The number of amidine groups is 1. The molecule has 30 heavy (non-hydrogen) atoms. The SMILES string of the molecule is N/C(=N\C(N)=N\C1N=C(c2ccccc2)c2ccccc2NC1=O)c1ccncc1. The van der Waals surface area contributed by atoms with E-state index in [1.165, 1.54) is 0 Å². The van der Waals surface area contributed by atoms with Gasteiger partial charge in [-0.2, -0.15) is 4.99 Å². The summed E-state index contributed by atoms with van der Waals surface area (Å²) >= 11 is 0. The summed E-state index contributed by atoms with van der Waals surface area (Å²) < 4.78 is 0. The second-order valence-electron chi connectivity index (χ2n) is 6.47. The van der Waals surface area contributed by atoms with Gasteiger partial charge in [-0.3, -0.25) is 9.78 Å². The third-order valence-corrected chi connectivity index (χ3v) is 4.44. The number of hydrogen-bond acceptors (Lipinski definition) is 4. The fourth-order valence-corrected chi connectivity index (χ4v) is 3.02. The number of carbonyl (C=O) groups is 1. The van der Waals surface area contributed by atoms with Crippen LogP contribution in [-0.2, 0) is 4.79 Å². The minimum atomic E-state index is -1.11. The number of pyridine rings is 1. The van der Waals surface area contributed by atoms with Crippen molar-refractivity contribution in [3.63, 3.8) is 0 Å². The van der Waals surface area contributed by atoms with E-state index in [2.05, 4.69) is 25.3 Å². The summed E-state index contributed by atoms with van der Waals surface area (Å²) in [7, 11) is 0. The molecule has 0 saturated heterocycles. The molecule has 8 heteroatoms. The van der Waals surface area contributed by atoms with Gasteiger partial charge >= 0.3 is 0 Å². The summed E-state index contributed by atoms with van der Waals surface area (Å²) in [6.07, 6.45) is 2.08. The average Bonchev–Trinajstić information content (AvgIpc) is 2.91. The Balaban J connectivity index is 1.74. The van der Waals surface area contributed by atoms with Crippen molar-refractivity contribution in [1.82, 2.24) is 4.98 Å². The zero-order chi connectivity index (χ0) is 20.9. The number of benzene rings is 2. The highest BCUT2D eigenvalue weighted by Crippen LogP contribution is 2.24. The summed E-state index contributed by atoms with van der Waals surface area (Å²) in [5.41, 5.74) is 15.5. The maximum absolute atomic E-state index is 12.8. The van der Waals surface area contributed by atoms with Crippen LogP contribution in [0.3, 0.4) is 0 Å². The fraction of sp³-hybridized carbons (Fsp3) is 0.0455. The molecule has 1 amide bonds. The van der Waals surface area contributed by atoms with E-state index in [4.69, 9.17) is 11.5 Å². The Morgan fingerprint density at radius 2 is 1.63 bits per heavy atom.